The van der Waals surface area contributed by atoms with Gasteiger partial charge in [0.2, 0.25) is 0 Å². The molecule has 3 heteroatoms. The van der Waals surface area contributed by atoms with Gasteiger partial charge in [-0.25, -0.2) is 0 Å². The van der Waals surface area contributed by atoms with Gasteiger partial charge in [0.05, 0.1) is 0 Å². The zero-order valence-corrected chi connectivity index (χ0v) is 14.4. The lowest BCUT2D eigenvalue weighted by molar-refractivity contribution is 0.190. The van der Waals surface area contributed by atoms with Crippen molar-refractivity contribution in [3.05, 3.63) is 21.4 Å². The van der Waals surface area contributed by atoms with Crippen LogP contribution in [0.4, 0.5) is 0 Å². The summed E-state index contributed by atoms with van der Waals surface area (Å²) in [6, 6.07) is 2.82. The van der Waals surface area contributed by atoms with Crippen molar-refractivity contribution in [1.29, 1.82) is 0 Å². The van der Waals surface area contributed by atoms with E-state index in [-0.39, 0.29) is 0 Å². The Labute approximate surface area is 128 Å². The maximum atomic E-state index is 3.68. The molecule has 20 heavy (non-hydrogen) atoms. The molecule has 0 spiro atoms. The van der Waals surface area contributed by atoms with Gasteiger partial charge in [-0.2, -0.15) is 0 Å². The van der Waals surface area contributed by atoms with E-state index in [1.54, 1.807) is 0 Å². The van der Waals surface area contributed by atoms with Crippen molar-refractivity contribution in [3.63, 3.8) is 0 Å². The Bertz CT molecular complexity index is 405. The van der Waals surface area contributed by atoms with E-state index in [9.17, 15) is 0 Å². The van der Waals surface area contributed by atoms with Crippen molar-refractivity contribution < 1.29 is 0 Å². The van der Waals surface area contributed by atoms with E-state index in [4.69, 9.17) is 0 Å². The number of hydrogen-bond acceptors (Lipinski definition) is 3. The van der Waals surface area contributed by atoms with Gasteiger partial charge in [-0.15, -0.1) is 11.3 Å². The Morgan fingerprint density at radius 3 is 2.65 bits per heavy atom. The summed E-state index contributed by atoms with van der Waals surface area (Å²) in [4.78, 5) is 5.52. The molecule has 1 saturated heterocycles. The predicted octanol–water partition coefficient (Wildman–Crippen LogP) is 4.14. The molecular weight excluding hydrogens is 264 g/mol. The second kappa shape index (κ2) is 7.58. The second-order valence-electron chi connectivity index (χ2n) is 6.42. The summed E-state index contributed by atoms with van der Waals surface area (Å²) in [5.74, 6) is 0.939. The first-order chi connectivity index (χ1) is 9.56. The number of nitrogens with zero attached hydrogens (tertiary/aromatic N) is 1. The van der Waals surface area contributed by atoms with Gasteiger partial charge in [-0.1, -0.05) is 6.92 Å². The molecule has 0 radical (unpaired) electrons. The van der Waals surface area contributed by atoms with Crippen molar-refractivity contribution in [2.45, 2.75) is 53.0 Å². The van der Waals surface area contributed by atoms with Crippen LogP contribution in [0.1, 0.15) is 54.5 Å². The maximum Gasteiger partial charge on any atom is 0.0302 e. The molecule has 1 aliphatic rings. The molecule has 2 heterocycles. The molecule has 0 aromatic carbocycles. The van der Waals surface area contributed by atoms with Crippen LogP contribution in [0.5, 0.6) is 0 Å². The Balaban J connectivity index is 1.64. The van der Waals surface area contributed by atoms with Gasteiger partial charge in [0.1, 0.15) is 0 Å². The molecule has 1 atom stereocenters. The molecule has 1 N–H and O–H groups in total. The van der Waals surface area contributed by atoms with Crippen LogP contribution < -0.4 is 5.32 Å². The SMILES string of the molecule is Cc1cc(C(C)NCCCN2CCC(C)CC2)c(C)s1. The molecule has 0 amide bonds. The monoisotopic (exact) mass is 294 g/mol. The van der Waals surface area contributed by atoms with E-state index in [0.29, 0.717) is 6.04 Å². The number of aryl methyl sites for hydroxylation is 2. The number of nitrogens with one attached hydrogen (secondary N) is 1. The minimum absolute atomic E-state index is 0.487. The quantitative estimate of drug-likeness (QED) is 0.793. The van der Waals surface area contributed by atoms with Gasteiger partial charge in [0.15, 0.2) is 0 Å². The Kier molecular flexibility index (Phi) is 6.06. The Morgan fingerprint density at radius 1 is 1.35 bits per heavy atom. The predicted molar refractivity (Wildman–Crippen MR) is 89.7 cm³/mol. The minimum Gasteiger partial charge on any atom is -0.310 e. The molecule has 2 rings (SSSR count). The Morgan fingerprint density at radius 2 is 2.05 bits per heavy atom. The minimum atomic E-state index is 0.487. The van der Waals surface area contributed by atoms with E-state index in [1.165, 1.54) is 54.2 Å². The third-order valence-corrected chi connectivity index (χ3v) is 5.51. The largest absolute Gasteiger partial charge is 0.310 e. The highest BCUT2D eigenvalue weighted by Crippen LogP contribution is 2.26. The number of likely N-dealkylation sites (tertiary alicyclic amines) is 1. The molecule has 1 aliphatic heterocycles. The summed E-state index contributed by atoms with van der Waals surface area (Å²) >= 11 is 1.91. The highest BCUT2D eigenvalue weighted by Gasteiger charge is 2.15. The average molecular weight is 295 g/mol. The summed E-state index contributed by atoms with van der Waals surface area (Å²) < 4.78 is 0. The van der Waals surface area contributed by atoms with E-state index in [1.807, 2.05) is 11.3 Å². The second-order valence-corrected chi connectivity index (χ2v) is 7.88. The van der Waals surface area contributed by atoms with Crippen LogP contribution in [0.15, 0.2) is 6.07 Å². The zero-order valence-electron chi connectivity index (χ0n) is 13.5. The number of thiophene rings is 1. The normalized spacial score (nSPS) is 19.4. The van der Waals surface area contributed by atoms with Crippen LogP contribution in [0.3, 0.4) is 0 Å². The van der Waals surface area contributed by atoms with E-state index < -0.39 is 0 Å². The molecule has 114 valence electrons. The summed E-state index contributed by atoms with van der Waals surface area (Å²) in [5.41, 5.74) is 1.49. The van der Waals surface area contributed by atoms with E-state index >= 15 is 0 Å². The van der Waals surface area contributed by atoms with Gasteiger partial charge in [0, 0.05) is 15.8 Å². The van der Waals surface area contributed by atoms with E-state index in [0.717, 1.165) is 12.5 Å². The first-order valence-corrected chi connectivity index (χ1v) is 8.90. The van der Waals surface area contributed by atoms with Crippen molar-refractivity contribution in [2.24, 2.45) is 5.92 Å². The third-order valence-electron chi connectivity index (χ3n) is 4.52. The van der Waals surface area contributed by atoms with Gasteiger partial charge in [0.25, 0.3) is 0 Å². The molecular formula is C17H30N2S. The fraction of sp³-hybridized carbons (Fsp3) is 0.765. The van der Waals surface area contributed by atoms with Crippen molar-refractivity contribution >= 4 is 11.3 Å². The first kappa shape index (κ1) is 16.0. The summed E-state index contributed by atoms with van der Waals surface area (Å²) in [6.07, 6.45) is 4.04. The lowest BCUT2D eigenvalue weighted by Gasteiger charge is -2.30. The number of hydrogen-bond donors (Lipinski definition) is 1. The topological polar surface area (TPSA) is 15.3 Å². The molecule has 0 bridgehead atoms. The third kappa shape index (κ3) is 4.57. The van der Waals surface area contributed by atoms with Crippen LogP contribution in [0.25, 0.3) is 0 Å². The van der Waals surface area contributed by atoms with Gasteiger partial charge in [-0.05, 0) is 83.8 Å². The van der Waals surface area contributed by atoms with Crippen LogP contribution >= 0.6 is 11.3 Å². The van der Waals surface area contributed by atoms with Gasteiger partial charge < -0.3 is 10.2 Å². The summed E-state index contributed by atoms with van der Waals surface area (Å²) in [6.45, 7) is 14.1. The van der Waals surface area contributed by atoms with Crippen molar-refractivity contribution in [1.82, 2.24) is 10.2 Å². The highest BCUT2D eigenvalue weighted by atomic mass is 32.1. The highest BCUT2D eigenvalue weighted by molar-refractivity contribution is 7.12. The maximum absolute atomic E-state index is 3.68. The molecule has 2 nitrogen and oxygen atoms in total. The fourth-order valence-corrected chi connectivity index (χ4v) is 4.12. The van der Waals surface area contributed by atoms with Crippen LogP contribution in [-0.2, 0) is 0 Å². The van der Waals surface area contributed by atoms with Crippen LogP contribution in [0, 0.1) is 19.8 Å². The van der Waals surface area contributed by atoms with Crippen LogP contribution in [-0.4, -0.2) is 31.1 Å². The molecule has 0 aliphatic carbocycles. The molecule has 0 saturated carbocycles. The van der Waals surface area contributed by atoms with Crippen LogP contribution in [0.2, 0.25) is 0 Å². The summed E-state index contributed by atoms with van der Waals surface area (Å²) in [7, 11) is 0. The molecule has 1 aromatic rings. The average Bonchev–Trinajstić information content (AvgIpc) is 2.75. The fourth-order valence-electron chi connectivity index (χ4n) is 3.10. The smallest absolute Gasteiger partial charge is 0.0302 e. The number of piperidine rings is 1. The lowest BCUT2D eigenvalue weighted by atomic mass is 9.99. The molecule has 1 unspecified atom stereocenters. The molecule has 1 fully saturated rings. The van der Waals surface area contributed by atoms with Gasteiger partial charge in [-0.3, -0.25) is 0 Å². The first-order valence-electron chi connectivity index (χ1n) is 8.09. The standard InChI is InChI=1S/C17H30N2S/c1-13-6-10-19(11-7-13)9-5-8-18-15(3)17-12-14(2)20-16(17)4/h12-13,15,18H,5-11H2,1-4H3. The zero-order chi connectivity index (χ0) is 14.5. The van der Waals surface area contributed by atoms with Crippen molar-refractivity contribution in [2.75, 3.05) is 26.2 Å². The molecule has 1 aromatic heterocycles. The van der Waals surface area contributed by atoms with Crippen molar-refractivity contribution in [3.8, 4) is 0 Å². The van der Waals surface area contributed by atoms with Gasteiger partial charge >= 0.3 is 0 Å². The van der Waals surface area contributed by atoms with E-state index in [2.05, 4.69) is 44.0 Å². The number of rotatable bonds is 6. The lowest BCUT2D eigenvalue weighted by Crippen LogP contribution is -2.35. The Hall–Kier alpha value is -0.380. The summed E-state index contributed by atoms with van der Waals surface area (Å²) in [5, 5.41) is 3.68.